The standard InChI is InChI=1S/C12H23NO2/c1-10(7-8-12(14)15)13-9-11-5-3-2-4-6-11/h10-11,13H,2-9H2,1H3,(H,14,15). The molecule has 2 N–H and O–H groups in total. The van der Waals surface area contributed by atoms with E-state index in [1.807, 2.05) is 0 Å². The molecule has 88 valence electrons. The molecule has 0 radical (unpaired) electrons. The molecule has 1 saturated carbocycles. The van der Waals surface area contributed by atoms with Crippen LogP contribution in [0.15, 0.2) is 0 Å². The molecular formula is C12H23NO2. The highest BCUT2D eigenvalue weighted by Crippen LogP contribution is 2.22. The number of carboxylic acid groups (broad SMARTS) is 1. The number of rotatable bonds is 6. The van der Waals surface area contributed by atoms with Crippen LogP contribution in [0.2, 0.25) is 0 Å². The van der Waals surface area contributed by atoms with Crippen molar-refractivity contribution in [2.75, 3.05) is 6.54 Å². The first-order valence-corrected chi connectivity index (χ1v) is 6.13. The molecular weight excluding hydrogens is 190 g/mol. The van der Waals surface area contributed by atoms with Crippen LogP contribution in [0, 0.1) is 5.92 Å². The van der Waals surface area contributed by atoms with Crippen molar-refractivity contribution in [3.63, 3.8) is 0 Å². The highest BCUT2D eigenvalue weighted by atomic mass is 16.4. The Kier molecular flexibility index (Phi) is 5.69. The smallest absolute Gasteiger partial charge is 0.303 e. The van der Waals surface area contributed by atoms with Gasteiger partial charge in [-0.15, -0.1) is 0 Å². The molecule has 0 aromatic heterocycles. The van der Waals surface area contributed by atoms with Gasteiger partial charge in [0.15, 0.2) is 0 Å². The van der Waals surface area contributed by atoms with Gasteiger partial charge in [-0.3, -0.25) is 4.79 Å². The van der Waals surface area contributed by atoms with Gasteiger partial charge < -0.3 is 10.4 Å². The molecule has 0 heterocycles. The number of hydrogen-bond donors (Lipinski definition) is 2. The molecule has 3 nitrogen and oxygen atoms in total. The van der Waals surface area contributed by atoms with Gasteiger partial charge in [0.05, 0.1) is 0 Å². The van der Waals surface area contributed by atoms with Gasteiger partial charge in [0.25, 0.3) is 0 Å². The van der Waals surface area contributed by atoms with E-state index < -0.39 is 5.97 Å². The second-order valence-electron chi connectivity index (χ2n) is 4.75. The maximum Gasteiger partial charge on any atom is 0.303 e. The number of carbonyl (C=O) groups is 1. The van der Waals surface area contributed by atoms with E-state index in [0.717, 1.165) is 18.9 Å². The van der Waals surface area contributed by atoms with E-state index >= 15 is 0 Å². The molecule has 3 heteroatoms. The topological polar surface area (TPSA) is 49.3 Å². The van der Waals surface area contributed by atoms with Crippen LogP contribution in [0.3, 0.4) is 0 Å². The summed E-state index contributed by atoms with van der Waals surface area (Å²) in [4.78, 5) is 10.4. The summed E-state index contributed by atoms with van der Waals surface area (Å²) in [6.07, 6.45) is 7.84. The first-order valence-electron chi connectivity index (χ1n) is 6.13. The van der Waals surface area contributed by atoms with Gasteiger partial charge in [0.2, 0.25) is 0 Å². The Morgan fingerprint density at radius 1 is 1.40 bits per heavy atom. The monoisotopic (exact) mass is 213 g/mol. The molecule has 15 heavy (non-hydrogen) atoms. The van der Waals surface area contributed by atoms with Gasteiger partial charge in [0.1, 0.15) is 0 Å². The fourth-order valence-electron chi connectivity index (χ4n) is 2.20. The zero-order valence-electron chi connectivity index (χ0n) is 9.67. The Bertz CT molecular complexity index is 188. The Labute approximate surface area is 92.3 Å². The van der Waals surface area contributed by atoms with Crippen LogP contribution < -0.4 is 5.32 Å². The molecule has 1 aliphatic carbocycles. The van der Waals surface area contributed by atoms with Crippen molar-refractivity contribution in [1.29, 1.82) is 0 Å². The lowest BCUT2D eigenvalue weighted by Crippen LogP contribution is -2.32. The largest absolute Gasteiger partial charge is 0.481 e. The maximum absolute atomic E-state index is 10.4. The molecule has 0 aromatic carbocycles. The number of aliphatic carboxylic acids is 1. The summed E-state index contributed by atoms with van der Waals surface area (Å²) in [5.74, 6) is 0.132. The first kappa shape index (κ1) is 12.5. The minimum absolute atomic E-state index is 0.277. The second kappa shape index (κ2) is 6.83. The summed E-state index contributed by atoms with van der Waals surface area (Å²) >= 11 is 0. The average molecular weight is 213 g/mol. The summed E-state index contributed by atoms with van der Waals surface area (Å²) in [7, 11) is 0. The highest BCUT2D eigenvalue weighted by molar-refractivity contribution is 5.66. The summed E-state index contributed by atoms with van der Waals surface area (Å²) in [6, 6.07) is 0.336. The second-order valence-corrected chi connectivity index (χ2v) is 4.75. The third kappa shape index (κ3) is 5.78. The summed E-state index contributed by atoms with van der Waals surface area (Å²) in [5, 5.41) is 12.0. The summed E-state index contributed by atoms with van der Waals surface area (Å²) in [6.45, 7) is 3.15. The highest BCUT2D eigenvalue weighted by Gasteiger charge is 2.14. The fourth-order valence-corrected chi connectivity index (χ4v) is 2.20. The lowest BCUT2D eigenvalue weighted by Gasteiger charge is -2.23. The Hall–Kier alpha value is -0.570. The van der Waals surface area contributed by atoms with E-state index in [0.29, 0.717) is 6.04 Å². The lowest BCUT2D eigenvalue weighted by atomic mass is 9.89. The molecule has 0 aliphatic heterocycles. The third-order valence-corrected chi connectivity index (χ3v) is 3.27. The van der Waals surface area contributed by atoms with Gasteiger partial charge in [-0.25, -0.2) is 0 Å². The molecule has 0 saturated heterocycles. The minimum atomic E-state index is -0.693. The van der Waals surface area contributed by atoms with Gasteiger partial charge in [0, 0.05) is 12.5 Å². The average Bonchev–Trinajstić information content (AvgIpc) is 2.25. The van der Waals surface area contributed by atoms with E-state index in [4.69, 9.17) is 5.11 Å². The van der Waals surface area contributed by atoms with E-state index in [1.165, 1.54) is 32.1 Å². The van der Waals surface area contributed by atoms with Crippen LogP contribution in [0.1, 0.15) is 51.9 Å². The van der Waals surface area contributed by atoms with Crippen molar-refractivity contribution in [2.45, 2.75) is 57.9 Å². The molecule has 1 rings (SSSR count). The van der Waals surface area contributed by atoms with Crippen LogP contribution >= 0.6 is 0 Å². The van der Waals surface area contributed by atoms with Crippen LogP contribution in [0.4, 0.5) is 0 Å². The molecule has 0 amide bonds. The van der Waals surface area contributed by atoms with E-state index in [-0.39, 0.29) is 6.42 Å². The summed E-state index contributed by atoms with van der Waals surface area (Å²) < 4.78 is 0. The van der Waals surface area contributed by atoms with Gasteiger partial charge >= 0.3 is 5.97 Å². The number of hydrogen-bond acceptors (Lipinski definition) is 2. The molecule has 0 spiro atoms. The maximum atomic E-state index is 10.4. The van der Waals surface area contributed by atoms with Crippen molar-refractivity contribution in [1.82, 2.24) is 5.32 Å². The predicted octanol–water partition coefficient (Wildman–Crippen LogP) is 2.41. The molecule has 1 aliphatic rings. The molecule has 0 bridgehead atoms. The van der Waals surface area contributed by atoms with Crippen molar-refractivity contribution in [2.24, 2.45) is 5.92 Å². The fraction of sp³-hybridized carbons (Fsp3) is 0.917. The predicted molar refractivity (Wildman–Crippen MR) is 60.9 cm³/mol. The normalized spacial score (nSPS) is 20.1. The molecule has 1 atom stereocenters. The SMILES string of the molecule is CC(CCC(=O)O)NCC1CCCCC1. The molecule has 1 fully saturated rings. The number of carboxylic acids is 1. The van der Waals surface area contributed by atoms with Crippen LogP contribution in [-0.4, -0.2) is 23.7 Å². The van der Waals surface area contributed by atoms with Gasteiger partial charge in [-0.2, -0.15) is 0 Å². The first-order chi connectivity index (χ1) is 7.18. The Morgan fingerprint density at radius 3 is 2.67 bits per heavy atom. The van der Waals surface area contributed by atoms with E-state index in [9.17, 15) is 4.79 Å². The van der Waals surface area contributed by atoms with Crippen molar-refractivity contribution in [3.05, 3.63) is 0 Å². The van der Waals surface area contributed by atoms with Gasteiger partial charge in [-0.05, 0) is 38.6 Å². The van der Waals surface area contributed by atoms with E-state index in [1.54, 1.807) is 0 Å². The van der Waals surface area contributed by atoms with Crippen LogP contribution in [-0.2, 0) is 4.79 Å². The van der Waals surface area contributed by atoms with Crippen molar-refractivity contribution >= 4 is 5.97 Å². The van der Waals surface area contributed by atoms with Gasteiger partial charge in [-0.1, -0.05) is 19.3 Å². The van der Waals surface area contributed by atoms with Crippen LogP contribution in [0.5, 0.6) is 0 Å². The molecule has 0 aromatic rings. The Balaban J connectivity index is 2.04. The summed E-state index contributed by atoms with van der Waals surface area (Å²) in [5.41, 5.74) is 0. The zero-order chi connectivity index (χ0) is 11.1. The lowest BCUT2D eigenvalue weighted by molar-refractivity contribution is -0.137. The third-order valence-electron chi connectivity index (χ3n) is 3.27. The number of nitrogens with one attached hydrogen (secondary N) is 1. The van der Waals surface area contributed by atoms with Crippen LogP contribution in [0.25, 0.3) is 0 Å². The Morgan fingerprint density at radius 2 is 2.07 bits per heavy atom. The quantitative estimate of drug-likeness (QED) is 0.712. The zero-order valence-corrected chi connectivity index (χ0v) is 9.67. The van der Waals surface area contributed by atoms with Crippen molar-refractivity contribution in [3.8, 4) is 0 Å². The van der Waals surface area contributed by atoms with Crippen molar-refractivity contribution < 1.29 is 9.90 Å². The van der Waals surface area contributed by atoms with E-state index in [2.05, 4.69) is 12.2 Å². The minimum Gasteiger partial charge on any atom is -0.481 e. The molecule has 1 unspecified atom stereocenters.